The van der Waals surface area contributed by atoms with Gasteiger partial charge in [-0.05, 0) is 120 Å². The van der Waals surface area contributed by atoms with Crippen molar-refractivity contribution in [2.24, 2.45) is 11.8 Å². The van der Waals surface area contributed by atoms with E-state index in [2.05, 4.69) is 10.6 Å². The summed E-state index contributed by atoms with van der Waals surface area (Å²) in [6.45, 7) is 22.7. The van der Waals surface area contributed by atoms with E-state index in [1.165, 1.54) is 0 Å². The van der Waals surface area contributed by atoms with Crippen molar-refractivity contribution in [2.75, 3.05) is 36.8 Å². The Labute approximate surface area is 342 Å². The summed E-state index contributed by atoms with van der Waals surface area (Å²) in [5.41, 5.74) is -2.12. The van der Waals surface area contributed by atoms with Crippen molar-refractivity contribution in [3.8, 4) is 11.5 Å². The number of rotatable bonds is 10. The molecule has 0 aliphatic carbocycles. The smallest absolute Gasteiger partial charge is 0.410 e. The molecule has 2 unspecified atom stereocenters. The van der Waals surface area contributed by atoms with E-state index in [0.717, 1.165) is 0 Å². The van der Waals surface area contributed by atoms with Crippen LogP contribution < -0.4 is 20.1 Å². The Morgan fingerprint density at radius 2 is 0.897 bits per heavy atom. The van der Waals surface area contributed by atoms with E-state index < -0.39 is 64.8 Å². The van der Waals surface area contributed by atoms with Gasteiger partial charge in [0.1, 0.15) is 33.9 Å². The van der Waals surface area contributed by atoms with Gasteiger partial charge in [0.15, 0.2) is 12.2 Å². The molecule has 0 bridgehead atoms. The van der Waals surface area contributed by atoms with Crippen LogP contribution in [0.1, 0.15) is 95.9 Å². The number of carbonyl (C=O) groups is 5. The molecular weight excluding hydrogens is 748 g/mol. The number of hydrogen-bond acceptors (Lipinski definition) is 11. The molecule has 4 atom stereocenters. The molecule has 0 radical (unpaired) electrons. The fourth-order valence-corrected chi connectivity index (χ4v) is 6.33. The van der Waals surface area contributed by atoms with Gasteiger partial charge in [-0.2, -0.15) is 0 Å². The molecule has 2 aliphatic rings. The van der Waals surface area contributed by atoms with E-state index in [4.69, 9.17) is 28.4 Å². The third kappa shape index (κ3) is 14.6. The van der Waals surface area contributed by atoms with Crippen molar-refractivity contribution in [1.29, 1.82) is 0 Å². The number of nitrogens with zero attached hydrogens (tertiary/aromatic N) is 2. The first-order valence-electron chi connectivity index (χ1n) is 19.8. The molecule has 2 aromatic carbocycles. The van der Waals surface area contributed by atoms with Gasteiger partial charge < -0.3 is 48.9 Å². The van der Waals surface area contributed by atoms with Crippen molar-refractivity contribution >= 4 is 41.5 Å². The molecule has 2 N–H and O–H groups in total. The van der Waals surface area contributed by atoms with Crippen LogP contribution in [0.3, 0.4) is 0 Å². The average Bonchev–Trinajstić information content (AvgIpc) is 3.74. The first-order valence-corrected chi connectivity index (χ1v) is 19.8. The number of esters is 2. The Kier molecular flexibility index (Phi) is 14.2. The van der Waals surface area contributed by atoms with Crippen molar-refractivity contribution in [3.63, 3.8) is 0 Å². The number of nitrogens with one attached hydrogen (secondary N) is 2. The van der Waals surface area contributed by atoms with E-state index in [1.807, 2.05) is 0 Å². The van der Waals surface area contributed by atoms with Crippen molar-refractivity contribution in [1.82, 2.24) is 9.80 Å². The van der Waals surface area contributed by atoms with Crippen LogP contribution in [0.2, 0.25) is 0 Å². The number of ether oxygens (including phenoxy) is 6. The molecule has 0 aromatic heterocycles. The zero-order valence-corrected chi connectivity index (χ0v) is 36.1. The summed E-state index contributed by atoms with van der Waals surface area (Å²) in [4.78, 5) is 68.8. The summed E-state index contributed by atoms with van der Waals surface area (Å²) in [7, 11) is 0. The molecular formula is C43H62N4O11. The lowest BCUT2D eigenvalue weighted by Crippen LogP contribution is -2.42. The Balaban J connectivity index is 1.44. The predicted octanol–water partition coefficient (Wildman–Crippen LogP) is 8.02. The number of likely N-dealkylation sites (tertiary alicyclic amines) is 2. The van der Waals surface area contributed by atoms with E-state index in [0.29, 0.717) is 48.8 Å². The van der Waals surface area contributed by atoms with Crippen molar-refractivity contribution in [3.05, 3.63) is 48.5 Å². The molecule has 0 spiro atoms. The molecule has 15 nitrogen and oxygen atoms in total. The molecule has 4 rings (SSSR count). The molecule has 0 saturated carbocycles. The Bertz CT molecular complexity index is 1660. The lowest BCUT2D eigenvalue weighted by atomic mass is 10.0. The van der Waals surface area contributed by atoms with Crippen molar-refractivity contribution in [2.45, 2.75) is 131 Å². The van der Waals surface area contributed by atoms with E-state index in [9.17, 15) is 24.0 Å². The van der Waals surface area contributed by atoms with Crippen LogP contribution in [0.5, 0.6) is 11.5 Å². The maximum absolute atomic E-state index is 13.5. The van der Waals surface area contributed by atoms with Crippen LogP contribution in [0.4, 0.5) is 25.8 Å². The van der Waals surface area contributed by atoms with Crippen LogP contribution in [-0.4, -0.2) is 101 Å². The second kappa shape index (κ2) is 18.2. The van der Waals surface area contributed by atoms with E-state index >= 15 is 0 Å². The summed E-state index contributed by atoms with van der Waals surface area (Å²) in [5.74, 6) is -1.25. The fraction of sp³-hybridized carbons (Fsp3) is 0.605. The first kappa shape index (κ1) is 45.5. The molecule has 15 heteroatoms. The average molecular weight is 811 g/mol. The maximum Gasteiger partial charge on any atom is 0.410 e. The summed E-state index contributed by atoms with van der Waals surface area (Å²) < 4.78 is 35.0. The zero-order valence-electron chi connectivity index (χ0n) is 36.1. The van der Waals surface area contributed by atoms with Crippen molar-refractivity contribution < 1.29 is 52.4 Å². The number of carbonyl (C=O) groups excluding carboxylic acids is 5. The standard InChI is InChI=1S/C43H62N4O11/c1-40(2,3)55-35(48)33(27-19-21-46(25-27)38(51)57-42(7,8)9)53-31-17-13-15-29(23-31)44-37(50)45-30-16-14-18-32(24-30)54-34(36(49)56-41(4,5)6)28-20-22-47(26-28)39(52)58-43(10,11)12/h13-18,23-24,27-28,33-34H,19-22,25-26H2,1-12H3,(H2,44,45,50)/t27-,28-,33?,34?/m0/s1. The summed E-state index contributed by atoms with van der Waals surface area (Å²) in [6, 6.07) is 12.6. The molecule has 58 heavy (non-hydrogen) atoms. The van der Waals surface area contributed by atoms with Crippen LogP contribution in [0, 0.1) is 11.8 Å². The topological polar surface area (TPSA) is 171 Å². The highest BCUT2D eigenvalue weighted by atomic mass is 16.6. The normalized spacial score (nSPS) is 18.4. The van der Waals surface area contributed by atoms with Gasteiger partial charge in [0.05, 0.1) is 0 Å². The molecule has 2 saturated heterocycles. The lowest BCUT2D eigenvalue weighted by Gasteiger charge is -2.28. The third-order valence-electron chi connectivity index (χ3n) is 8.60. The van der Waals surface area contributed by atoms with Crippen LogP contribution in [0.25, 0.3) is 0 Å². The van der Waals surface area contributed by atoms with Gasteiger partial charge in [-0.25, -0.2) is 24.0 Å². The summed E-state index contributed by atoms with van der Waals surface area (Å²) >= 11 is 0. The number of benzene rings is 2. The molecule has 2 heterocycles. The van der Waals surface area contributed by atoms with Gasteiger partial charge in [-0.15, -0.1) is 0 Å². The predicted molar refractivity (Wildman–Crippen MR) is 218 cm³/mol. The highest BCUT2D eigenvalue weighted by molar-refractivity contribution is 6.00. The highest BCUT2D eigenvalue weighted by Gasteiger charge is 2.42. The number of amides is 4. The van der Waals surface area contributed by atoms with Gasteiger partial charge in [-0.1, -0.05) is 12.1 Å². The minimum Gasteiger partial charge on any atom is -0.478 e. The SMILES string of the molecule is CC(C)(C)OC(=O)C(Oc1cccc(NC(=O)Nc2cccc(OC(C(=O)OC(C)(C)C)[C@H]3CCN(C(=O)OC(C)(C)C)C3)c2)c1)[C@H]1CCN(C(=O)OC(C)(C)C)C1. The minimum absolute atomic E-state index is 0.242. The van der Waals surface area contributed by atoms with Gasteiger partial charge in [0, 0.05) is 61.5 Å². The molecule has 4 amide bonds. The van der Waals surface area contributed by atoms with Crippen LogP contribution in [-0.2, 0) is 28.5 Å². The monoisotopic (exact) mass is 810 g/mol. The second-order valence-electron chi connectivity index (χ2n) is 18.7. The first-order chi connectivity index (χ1) is 26.7. The Morgan fingerprint density at radius 3 is 1.22 bits per heavy atom. The minimum atomic E-state index is -1.03. The number of anilines is 2. The maximum atomic E-state index is 13.5. The Morgan fingerprint density at radius 1 is 0.552 bits per heavy atom. The van der Waals surface area contributed by atoms with Crippen LogP contribution in [0.15, 0.2) is 48.5 Å². The van der Waals surface area contributed by atoms with Gasteiger partial charge >= 0.3 is 30.2 Å². The largest absolute Gasteiger partial charge is 0.478 e. The number of urea groups is 1. The lowest BCUT2D eigenvalue weighted by molar-refractivity contribution is -0.167. The van der Waals surface area contributed by atoms with E-state index in [1.54, 1.807) is 141 Å². The molecule has 2 aromatic rings. The number of hydrogen-bond donors (Lipinski definition) is 2. The zero-order chi connectivity index (χ0) is 43.2. The fourth-order valence-electron chi connectivity index (χ4n) is 6.33. The van der Waals surface area contributed by atoms with E-state index in [-0.39, 0.29) is 24.9 Å². The molecule has 320 valence electrons. The molecule has 2 fully saturated rings. The van der Waals surface area contributed by atoms with Gasteiger partial charge in [0.25, 0.3) is 0 Å². The van der Waals surface area contributed by atoms with Gasteiger partial charge in [0.2, 0.25) is 0 Å². The van der Waals surface area contributed by atoms with Crippen LogP contribution >= 0.6 is 0 Å². The second-order valence-corrected chi connectivity index (χ2v) is 18.7. The highest BCUT2D eigenvalue weighted by Crippen LogP contribution is 2.31. The summed E-state index contributed by atoms with van der Waals surface area (Å²) in [5, 5.41) is 5.57. The Hall–Kier alpha value is -5.21. The third-order valence-corrected chi connectivity index (χ3v) is 8.60. The molecule has 2 aliphatic heterocycles. The summed E-state index contributed by atoms with van der Waals surface area (Å²) in [6.07, 6.45) is -2.00. The quantitative estimate of drug-likeness (QED) is 0.176. The van der Waals surface area contributed by atoms with Gasteiger partial charge in [-0.3, -0.25) is 0 Å².